The van der Waals surface area contributed by atoms with Crippen molar-refractivity contribution in [2.75, 3.05) is 6.54 Å². The van der Waals surface area contributed by atoms with Gasteiger partial charge >= 0.3 is 5.97 Å². The summed E-state index contributed by atoms with van der Waals surface area (Å²) in [5.74, 6) is -0.897. The SMILES string of the molecule is CC(=O)NCC12CC(C(=O)O)(C1)C(C)O2. The summed E-state index contributed by atoms with van der Waals surface area (Å²) < 4.78 is 5.64. The standard InChI is InChI=1S/C10H15NO4/c1-6-10(8(13)14)3-9(4-10,15-6)5-11-7(2)12/h6H,3-5H2,1-2H3,(H,11,12)(H,13,14). The molecule has 2 heterocycles. The van der Waals surface area contributed by atoms with E-state index in [1.807, 2.05) is 0 Å². The Balaban J connectivity index is 2.02. The number of carbonyl (C=O) groups is 2. The van der Waals surface area contributed by atoms with Gasteiger partial charge in [0.05, 0.1) is 17.1 Å². The zero-order chi connectivity index (χ0) is 11.3. The van der Waals surface area contributed by atoms with E-state index in [1.54, 1.807) is 6.92 Å². The lowest BCUT2D eigenvalue weighted by atomic mass is 9.60. The van der Waals surface area contributed by atoms with Crippen molar-refractivity contribution in [2.24, 2.45) is 5.41 Å². The van der Waals surface area contributed by atoms with E-state index in [-0.39, 0.29) is 12.0 Å². The van der Waals surface area contributed by atoms with Crippen LogP contribution in [0.1, 0.15) is 26.7 Å². The first-order valence-electron chi connectivity index (χ1n) is 5.06. The number of hydrogen-bond acceptors (Lipinski definition) is 3. The Kier molecular flexibility index (Phi) is 2.05. The molecular weight excluding hydrogens is 198 g/mol. The van der Waals surface area contributed by atoms with Gasteiger partial charge in [0, 0.05) is 13.5 Å². The van der Waals surface area contributed by atoms with Crippen LogP contribution < -0.4 is 5.32 Å². The smallest absolute Gasteiger partial charge is 0.312 e. The zero-order valence-electron chi connectivity index (χ0n) is 8.87. The van der Waals surface area contributed by atoms with Gasteiger partial charge in [0.2, 0.25) is 5.91 Å². The van der Waals surface area contributed by atoms with Gasteiger partial charge in [0.1, 0.15) is 0 Å². The molecule has 1 aliphatic carbocycles. The van der Waals surface area contributed by atoms with Crippen LogP contribution >= 0.6 is 0 Å². The van der Waals surface area contributed by atoms with Gasteiger partial charge in [0.25, 0.3) is 0 Å². The maximum absolute atomic E-state index is 11.1. The summed E-state index contributed by atoms with van der Waals surface area (Å²) in [6, 6.07) is 0. The van der Waals surface area contributed by atoms with Gasteiger partial charge in [0.15, 0.2) is 0 Å². The van der Waals surface area contributed by atoms with Crippen molar-refractivity contribution in [3.63, 3.8) is 0 Å². The lowest BCUT2D eigenvalue weighted by molar-refractivity contribution is -0.154. The van der Waals surface area contributed by atoms with Crippen LogP contribution in [-0.2, 0) is 14.3 Å². The molecule has 3 aliphatic rings. The van der Waals surface area contributed by atoms with E-state index in [0.717, 1.165) is 0 Å². The molecule has 0 aromatic heterocycles. The normalized spacial score (nSPS) is 42.1. The van der Waals surface area contributed by atoms with Crippen LogP contribution in [0.5, 0.6) is 0 Å². The minimum absolute atomic E-state index is 0.111. The van der Waals surface area contributed by atoms with Crippen molar-refractivity contribution in [2.45, 2.75) is 38.4 Å². The number of hydrogen-bond donors (Lipinski definition) is 2. The first kappa shape index (κ1) is 10.4. The second kappa shape index (κ2) is 2.95. The molecule has 0 aromatic rings. The molecule has 2 bridgehead atoms. The summed E-state index contributed by atoms with van der Waals surface area (Å²) in [4.78, 5) is 21.9. The summed E-state index contributed by atoms with van der Waals surface area (Å²) in [5.41, 5.74) is -1.14. The highest BCUT2D eigenvalue weighted by Crippen LogP contribution is 2.61. The summed E-state index contributed by atoms with van der Waals surface area (Å²) in [7, 11) is 0. The molecule has 0 spiro atoms. The predicted octanol–water partition coefficient (Wildman–Crippen LogP) is 0.145. The van der Waals surface area contributed by atoms with Crippen LogP contribution in [0.4, 0.5) is 0 Å². The number of nitrogens with one attached hydrogen (secondary N) is 1. The molecule has 84 valence electrons. The van der Waals surface area contributed by atoms with Gasteiger partial charge in [-0.25, -0.2) is 0 Å². The number of carboxylic acids is 1. The first-order chi connectivity index (χ1) is 6.90. The maximum atomic E-state index is 11.1. The summed E-state index contributed by atoms with van der Waals surface area (Å²) in [6.45, 7) is 3.65. The number of carbonyl (C=O) groups excluding carboxylic acids is 1. The van der Waals surface area contributed by atoms with Crippen molar-refractivity contribution in [3.05, 3.63) is 0 Å². The fourth-order valence-electron chi connectivity index (χ4n) is 2.73. The van der Waals surface area contributed by atoms with Crippen molar-refractivity contribution < 1.29 is 19.4 Å². The molecule has 2 aliphatic heterocycles. The Bertz CT molecular complexity index is 319. The number of aliphatic carboxylic acids is 1. The molecule has 3 fully saturated rings. The van der Waals surface area contributed by atoms with Gasteiger partial charge in [-0.1, -0.05) is 0 Å². The molecule has 5 nitrogen and oxygen atoms in total. The molecule has 1 unspecified atom stereocenters. The highest BCUT2D eigenvalue weighted by atomic mass is 16.5. The van der Waals surface area contributed by atoms with Crippen LogP contribution in [0, 0.1) is 5.41 Å². The average Bonchev–Trinajstić information content (AvgIpc) is 2.49. The highest BCUT2D eigenvalue weighted by Gasteiger charge is 2.70. The molecule has 2 saturated heterocycles. The lowest BCUT2D eigenvalue weighted by Crippen LogP contribution is -2.54. The van der Waals surface area contributed by atoms with Crippen LogP contribution in [0.15, 0.2) is 0 Å². The summed E-state index contributed by atoms with van der Waals surface area (Å²) >= 11 is 0. The zero-order valence-corrected chi connectivity index (χ0v) is 8.87. The molecular formula is C10H15NO4. The molecule has 1 amide bonds. The van der Waals surface area contributed by atoms with Crippen molar-refractivity contribution in [1.29, 1.82) is 0 Å². The van der Waals surface area contributed by atoms with Crippen LogP contribution in [0.3, 0.4) is 0 Å². The van der Waals surface area contributed by atoms with Crippen LogP contribution in [0.25, 0.3) is 0 Å². The Morgan fingerprint density at radius 3 is 2.53 bits per heavy atom. The number of fused-ring (bicyclic) bond motifs is 1. The van der Waals surface area contributed by atoms with Gasteiger partial charge in [-0.2, -0.15) is 0 Å². The minimum Gasteiger partial charge on any atom is -0.481 e. The molecule has 0 aromatic carbocycles. The molecule has 1 saturated carbocycles. The number of ether oxygens (including phenoxy) is 1. The van der Waals surface area contributed by atoms with Crippen LogP contribution in [0.2, 0.25) is 0 Å². The summed E-state index contributed by atoms with van der Waals surface area (Å²) in [5, 5.41) is 11.8. The third-order valence-corrected chi connectivity index (χ3v) is 3.57. The number of rotatable bonds is 3. The second-order valence-corrected chi connectivity index (χ2v) is 4.67. The van der Waals surface area contributed by atoms with E-state index in [1.165, 1.54) is 6.92 Å². The quantitative estimate of drug-likeness (QED) is 0.699. The van der Waals surface area contributed by atoms with Crippen molar-refractivity contribution >= 4 is 11.9 Å². The molecule has 1 atom stereocenters. The monoisotopic (exact) mass is 213 g/mol. The molecule has 3 rings (SSSR count). The van der Waals surface area contributed by atoms with E-state index in [0.29, 0.717) is 19.4 Å². The Hall–Kier alpha value is -1.10. The Morgan fingerprint density at radius 2 is 2.13 bits per heavy atom. The molecule has 15 heavy (non-hydrogen) atoms. The second-order valence-electron chi connectivity index (χ2n) is 4.67. The Morgan fingerprint density at radius 1 is 1.53 bits per heavy atom. The fraction of sp³-hybridized carbons (Fsp3) is 0.800. The maximum Gasteiger partial charge on any atom is 0.312 e. The van der Waals surface area contributed by atoms with Crippen molar-refractivity contribution in [1.82, 2.24) is 5.32 Å². The Labute approximate surface area is 87.8 Å². The van der Waals surface area contributed by atoms with Gasteiger partial charge < -0.3 is 15.2 Å². The fourth-order valence-corrected chi connectivity index (χ4v) is 2.73. The number of carboxylic acid groups (broad SMARTS) is 1. The average molecular weight is 213 g/mol. The van der Waals surface area contributed by atoms with E-state index in [2.05, 4.69) is 5.32 Å². The van der Waals surface area contributed by atoms with Crippen LogP contribution in [-0.4, -0.2) is 35.2 Å². The summed E-state index contributed by atoms with van der Waals surface area (Å²) in [6.07, 6.45) is 0.761. The van der Waals surface area contributed by atoms with E-state index < -0.39 is 17.0 Å². The van der Waals surface area contributed by atoms with Gasteiger partial charge in [-0.15, -0.1) is 0 Å². The molecule has 5 heteroatoms. The van der Waals surface area contributed by atoms with E-state index in [4.69, 9.17) is 9.84 Å². The highest BCUT2D eigenvalue weighted by molar-refractivity contribution is 5.79. The third-order valence-electron chi connectivity index (χ3n) is 3.57. The van der Waals surface area contributed by atoms with Gasteiger partial charge in [-0.05, 0) is 19.8 Å². The van der Waals surface area contributed by atoms with Gasteiger partial charge in [-0.3, -0.25) is 9.59 Å². The van der Waals surface area contributed by atoms with Crippen molar-refractivity contribution in [3.8, 4) is 0 Å². The van der Waals surface area contributed by atoms with E-state index in [9.17, 15) is 9.59 Å². The minimum atomic E-state index is -0.786. The third kappa shape index (κ3) is 1.33. The number of amides is 1. The lowest BCUT2D eigenvalue weighted by Gasteiger charge is -2.42. The predicted molar refractivity (Wildman–Crippen MR) is 51.3 cm³/mol. The molecule has 0 radical (unpaired) electrons. The topological polar surface area (TPSA) is 75.6 Å². The largest absolute Gasteiger partial charge is 0.481 e. The van der Waals surface area contributed by atoms with E-state index >= 15 is 0 Å². The molecule has 2 N–H and O–H groups in total. The first-order valence-corrected chi connectivity index (χ1v) is 5.06.